The van der Waals surface area contributed by atoms with E-state index in [1.165, 1.54) is 37.5 Å². The maximum atomic E-state index is 12.5. The van der Waals surface area contributed by atoms with Gasteiger partial charge in [0.05, 0.1) is 4.92 Å². The second kappa shape index (κ2) is 8.73. The number of benzene rings is 2. The minimum absolute atomic E-state index is 0.121. The molecule has 1 aliphatic carbocycles. The van der Waals surface area contributed by atoms with Crippen LogP contribution in [0.5, 0.6) is 0 Å². The highest BCUT2D eigenvalue weighted by atomic mass is 32.1. The van der Waals surface area contributed by atoms with Gasteiger partial charge in [-0.25, -0.2) is 0 Å². The lowest BCUT2D eigenvalue weighted by Gasteiger charge is -2.34. The van der Waals surface area contributed by atoms with Crippen LogP contribution in [0.4, 0.5) is 5.69 Å². The lowest BCUT2D eigenvalue weighted by Crippen LogP contribution is -2.45. The van der Waals surface area contributed by atoms with Gasteiger partial charge in [-0.3, -0.25) is 20.2 Å². The number of non-ortho nitro benzene ring substituents is 1. The topological polar surface area (TPSA) is 75.5 Å². The molecule has 27 heavy (non-hydrogen) atoms. The SMILES string of the molecule is O=C(NC(=S)N(Cc1ccccc1)CC1CCC1)c1cccc([N+](=O)[O-])c1. The van der Waals surface area contributed by atoms with Crippen LogP contribution in [0.3, 0.4) is 0 Å². The zero-order valence-corrected chi connectivity index (χ0v) is 15.7. The Kier molecular flexibility index (Phi) is 6.13. The van der Waals surface area contributed by atoms with Gasteiger partial charge in [-0.05, 0) is 42.6 Å². The van der Waals surface area contributed by atoms with E-state index in [4.69, 9.17) is 12.2 Å². The average Bonchev–Trinajstić information content (AvgIpc) is 2.64. The number of nitrogens with zero attached hydrogens (tertiary/aromatic N) is 2. The molecular formula is C20H21N3O3S. The number of carbonyl (C=O) groups is 1. The fourth-order valence-corrected chi connectivity index (χ4v) is 3.25. The molecule has 7 heteroatoms. The molecule has 0 radical (unpaired) electrons. The first-order valence-electron chi connectivity index (χ1n) is 8.91. The Labute approximate surface area is 163 Å². The smallest absolute Gasteiger partial charge is 0.270 e. The van der Waals surface area contributed by atoms with E-state index < -0.39 is 10.8 Å². The molecule has 6 nitrogen and oxygen atoms in total. The van der Waals surface area contributed by atoms with Crippen LogP contribution in [0, 0.1) is 16.0 Å². The fraction of sp³-hybridized carbons (Fsp3) is 0.300. The molecule has 1 aliphatic rings. The van der Waals surface area contributed by atoms with Crippen molar-refractivity contribution in [3.63, 3.8) is 0 Å². The summed E-state index contributed by atoms with van der Waals surface area (Å²) < 4.78 is 0. The average molecular weight is 383 g/mol. The van der Waals surface area contributed by atoms with Gasteiger partial charge < -0.3 is 4.90 Å². The predicted octanol–water partition coefficient (Wildman–Crippen LogP) is 3.91. The van der Waals surface area contributed by atoms with E-state index in [0.717, 1.165) is 12.1 Å². The van der Waals surface area contributed by atoms with Crippen LogP contribution in [-0.2, 0) is 6.54 Å². The van der Waals surface area contributed by atoms with Crippen molar-refractivity contribution in [1.29, 1.82) is 0 Å². The summed E-state index contributed by atoms with van der Waals surface area (Å²) in [6.07, 6.45) is 3.58. The summed E-state index contributed by atoms with van der Waals surface area (Å²) in [4.78, 5) is 24.9. The van der Waals surface area contributed by atoms with E-state index in [1.807, 2.05) is 35.2 Å². The molecule has 140 valence electrons. The molecule has 1 fully saturated rings. The van der Waals surface area contributed by atoms with Gasteiger partial charge in [0.15, 0.2) is 5.11 Å². The number of amides is 1. The van der Waals surface area contributed by atoms with Crippen LogP contribution in [-0.4, -0.2) is 27.4 Å². The van der Waals surface area contributed by atoms with Crippen LogP contribution in [0.2, 0.25) is 0 Å². The number of hydrogen-bond acceptors (Lipinski definition) is 4. The third-order valence-corrected chi connectivity index (χ3v) is 5.11. The maximum absolute atomic E-state index is 12.5. The first-order chi connectivity index (χ1) is 13.0. The second-order valence-corrected chi connectivity index (χ2v) is 7.12. The predicted molar refractivity (Wildman–Crippen MR) is 107 cm³/mol. The van der Waals surface area contributed by atoms with E-state index in [9.17, 15) is 14.9 Å². The van der Waals surface area contributed by atoms with E-state index in [-0.39, 0.29) is 11.3 Å². The third-order valence-electron chi connectivity index (χ3n) is 4.75. The third kappa shape index (κ3) is 5.10. The molecule has 1 amide bonds. The Hall–Kier alpha value is -2.80. The molecule has 0 atom stereocenters. The highest BCUT2D eigenvalue weighted by molar-refractivity contribution is 7.80. The quantitative estimate of drug-likeness (QED) is 0.465. The van der Waals surface area contributed by atoms with Crippen LogP contribution in [0.15, 0.2) is 54.6 Å². The molecule has 0 bridgehead atoms. The fourth-order valence-electron chi connectivity index (χ4n) is 3.02. The van der Waals surface area contributed by atoms with Gasteiger partial charge in [-0.15, -0.1) is 0 Å². The number of rotatable bonds is 6. The standard InChI is InChI=1S/C20H21N3O3S/c24-19(17-10-5-11-18(12-17)23(25)26)21-20(27)22(14-16-8-4-9-16)13-15-6-2-1-3-7-15/h1-3,5-7,10-12,16H,4,8-9,13-14H2,(H,21,24,27). The van der Waals surface area contributed by atoms with Crippen molar-refractivity contribution in [3.8, 4) is 0 Å². The molecule has 0 spiro atoms. The summed E-state index contributed by atoms with van der Waals surface area (Å²) in [5.74, 6) is 0.150. The first-order valence-corrected chi connectivity index (χ1v) is 9.32. The number of thiocarbonyl (C=S) groups is 1. The first kappa shape index (κ1) is 19.0. The number of nitro groups is 1. The molecule has 0 aliphatic heterocycles. The summed E-state index contributed by atoms with van der Waals surface area (Å²) in [5, 5.41) is 14.0. The van der Waals surface area contributed by atoms with E-state index in [0.29, 0.717) is 17.6 Å². The summed E-state index contributed by atoms with van der Waals surface area (Å²) >= 11 is 5.49. The molecule has 0 unspecified atom stereocenters. The molecule has 0 heterocycles. The molecular weight excluding hydrogens is 362 g/mol. The van der Waals surface area contributed by atoms with Crippen molar-refractivity contribution in [2.24, 2.45) is 5.92 Å². The largest absolute Gasteiger partial charge is 0.344 e. The van der Waals surface area contributed by atoms with Crippen LogP contribution in [0.1, 0.15) is 35.2 Å². The molecule has 2 aromatic rings. The van der Waals surface area contributed by atoms with Gasteiger partial charge >= 0.3 is 0 Å². The van der Waals surface area contributed by atoms with Gasteiger partial charge in [0.25, 0.3) is 11.6 Å². The minimum Gasteiger partial charge on any atom is -0.344 e. The summed E-state index contributed by atoms with van der Waals surface area (Å²) in [7, 11) is 0. The molecule has 1 saturated carbocycles. The van der Waals surface area contributed by atoms with Gasteiger partial charge in [-0.1, -0.05) is 42.8 Å². The Balaban J connectivity index is 1.70. The summed E-state index contributed by atoms with van der Waals surface area (Å²) in [6, 6.07) is 15.6. The van der Waals surface area contributed by atoms with E-state index in [2.05, 4.69) is 5.32 Å². The summed E-state index contributed by atoms with van der Waals surface area (Å²) in [6.45, 7) is 1.41. The van der Waals surface area contributed by atoms with Crippen molar-refractivity contribution in [2.45, 2.75) is 25.8 Å². The van der Waals surface area contributed by atoms with Crippen molar-refractivity contribution in [3.05, 3.63) is 75.8 Å². The van der Waals surface area contributed by atoms with Crippen molar-refractivity contribution < 1.29 is 9.72 Å². The van der Waals surface area contributed by atoms with Gasteiger partial charge in [-0.2, -0.15) is 0 Å². The highest BCUT2D eigenvalue weighted by Gasteiger charge is 2.23. The molecule has 2 aromatic carbocycles. The zero-order valence-electron chi connectivity index (χ0n) is 14.8. The van der Waals surface area contributed by atoms with Gasteiger partial charge in [0.2, 0.25) is 0 Å². The maximum Gasteiger partial charge on any atom is 0.270 e. The Morgan fingerprint density at radius 1 is 1.19 bits per heavy atom. The Bertz CT molecular complexity index is 837. The van der Waals surface area contributed by atoms with Crippen LogP contribution >= 0.6 is 12.2 Å². The van der Waals surface area contributed by atoms with Crippen molar-refractivity contribution in [1.82, 2.24) is 10.2 Å². The minimum atomic E-state index is -0.520. The van der Waals surface area contributed by atoms with Crippen LogP contribution < -0.4 is 5.32 Å². The number of hydrogen-bond donors (Lipinski definition) is 1. The Morgan fingerprint density at radius 3 is 2.56 bits per heavy atom. The van der Waals surface area contributed by atoms with Gasteiger partial charge in [0, 0.05) is 30.8 Å². The monoisotopic (exact) mass is 383 g/mol. The Morgan fingerprint density at radius 2 is 1.93 bits per heavy atom. The highest BCUT2D eigenvalue weighted by Crippen LogP contribution is 2.27. The van der Waals surface area contributed by atoms with Gasteiger partial charge in [0.1, 0.15) is 0 Å². The van der Waals surface area contributed by atoms with E-state index >= 15 is 0 Å². The zero-order chi connectivity index (χ0) is 19.2. The molecule has 0 saturated heterocycles. The van der Waals surface area contributed by atoms with E-state index in [1.54, 1.807) is 6.07 Å². The molecule has 3 rings (SSSR count). The van der Waals surface area contributed by atoms with Crippen LogP contribution in [0.25, 0.3) is 0 Å². The van der Waals surface area contributed by atoms with Crippen molar-refractivity contribution in [2.75, 3.05) is 6.54 Å². The molecule has 0 aromatic heterocycles. The number of nitro benzene ring substituents is 1. The lowest BCUT2D eigenvalue weighted by molar-refractivity contribution is -0.384. The second-order valence-electron chi connectivity index (χ2n) is 6.73. The normalized spacial score (nSPS) is 13.5. The number of carbonyl (C=O) groups excluding carboxylic acids is 1. The number of nitrogens with one attached hydrogen (secondary N) is 1. The molecule has 1 N–H and O–H groups in total. The summed E-state index contributed by atoms with van der Waals surface area (Å²) in [5.41, 5.74) is 1.21. The lowest BCUT2D eigenvalue weighted by atomic mass is 9.85. The van der Waals surface area contributed by atoms with Crippen molar-refractivity contribution >= 4 is 28.9 Å².